The molecule has 0 unspecified atom stereocenters. The van der Waals surface area contributed by atoms with E-state index in [9.17, 15) is 0 Å². The van der Waals surface area contributed by atoms with Crippen molar-refractivity contribution < 1.29 is 4.42 Å². The maximum Gasteiger partial charge on any atom is 0.143 e. The standard InChI is InChI=1S/C55H39NO/c1-55(2)51-23-12-11-19-45(51)46-33-32-42(34-52(46)55)56(40-28-24-37(25-29-40)36-14-5-3-6-15-36)41-30-26-39(27-31-41)43-21-13-22-48-50-35-49(38-16-7-4-8-17-38)44-18-9-10-20-47(44)54(50)57-53(43)48/h3-35H,1-2H3. The summed E-state index contributed by atoms with van der Waals surface area (Å²) in [6.45, 7) is 4.69. The fourth-order valence-corrected chi connectivity index (χ4v) is 9.21. The molecule has 0 radical (unpaired) electrons. The van der Waals surface area contributed by atoms with Crippen LogP contribution in [0.3, 0.4) is 0 Å². The van der Waals surface area contributed by atoms with Crippen molar-refractivity contribution in [2.24, 2.45) is 0 Å². The van der Waals surface area contributed by atoms with Gasteiger partial charge >= 0.3 is 0 Å². The van der Waals surface area contributed by atoms with Gasteiger partial charge in [-0.15, -0.1) is 0 Å². The van der Waals surface area contributed by atoms with Crippen LogP contribution in [0.15, 0.2) is 205 Å². The third-order valence-electron chi connectivity index (χ3n) is 12.1. The zero-order valence-electron chi connectivity index (χ0n) is 31.9. The minimum atomic E-state index is -0.104. The number of para-hydroxylation sites is 1. The van der Waals surface area contributed by atoms with Crippen LogP contribution >= 0.6 is 0 Å². The van der Waals surface area contributed by atoms with Gasteiger partial charge < -0.3 is 9.32 Å². The quantitative estimate of drug-likeness (QED) is 0.169. The molecule has 10 aromatic rings. The topological polar surface area (TPSA) is 16.4 Å². The number of hydrogen-bond acceptors (Lipinski definition) is 2. The summed E-state index contributed by atoms with van der Waals surface area (Å²) in [7, 11) is 0. The molecule has 11 rings (SSSR count). The number of hydrogen-bond donors (Lipinski definition) is 0. The van der Waals surface area contributed by atoms with E-state index in [-0.39, 0.29) is 5.41 Å². The largest absolute Gasteiger partial charge is 0.455 e. The highest BCUT2D eigenvalue weighted by atomic mass is 16.3. The molecule has 0 N–H and O–H groups in total. The number of rotatable bonds is 6. The molecule has 0 saturated carbocycles. The maximum atomic E-state index is 6.88. The summed E-state index contributed by atoms with van der Waals surface area (Å²) in [5, 5.41) is 4.57. The lowest BCUT2D eigenvalue weighted by Crippen LogP contribution is -2.16. The van der Waals surface area contributed by atoms with Gasteiger partial charge in [0.05, 0.1) is 0 Å². The number of nitrogens with zero attached hydrogens (tertiary/aromatic N) is 1. The third-order valence-corrected chi connectivity index (χ3v) is 12.1. The van der Waals surface area contributed by atoms with Gasteiger partial charge in [0.1, 0.15) is 11.2 Å². The third kappa shape index (κ3) is 5.33. The SMILES string of the molecule is CC1(C)c2ccccc2-c2ccc(N(c3ccc(-c4ccccc4)cc3)c3ccc(-c4cccc5c4oc4c6ccccc6c(-c6ccccc6)cc54)cc3)cc21. The van der Waals surface area contributed by atoms with Crippen LogP contribution < -0.4 is 4.90 Å². The fraction of sp³-hybridized carbons (Fsp3) is 0.0545. The molecule has 0 aliphatic heterocycles. The van der Waals surface area contributed by atoms with E-state index in [1.165, 1.54) is 49.9 Å². The normalized spacial score (nSPS) is 12.9. The Labute approximate surface area is 332 Å². The molecule has 1 aromatic heterocycles. The van der Waals surface area contributed by atoms with Crippen LogP contribution in [0.1, 0.15) is 25.0 Å². The van der Waals surface area contributed by atoms with Crippen molar-refractivity contribution in [3.63, 3.8) is 0 Å². The van der Waals surface area contributed by atoms with Crippen LogP contribution in [0.2, 0.25) is 0 Å². The smallest absolute Gasteiger partial charge is 0.143 e. The van der Waals surface area contributed by atoms with Crippen LogP contribution in [-0.2, 0) is 5.41 Å². The number of benzene rings is 9. The molecule has 9 aromatic carbocycles. The maximum absolute atomic E-state index is 6.88. The first-order valence-electron chi connectivity index (χ1n) is 19.8. The molecule has 57 heavy (non-hydrogen) atoms. The predicted molar refractivity (Wildman–Crippen MR) is 240 cm³/mol. The van der Waals surface area contributed by atoms with Gasteiger partial charge in [0, 0.05) is 44.2 Å². The van der Waals surface area contributed by atoms with E-state index in [2.05, 4.69) is 219 Å². The molecule has 0 saturated heterocycles. The molecule has 1 aliphatic rings. The average molecular weight is 730 g/mol. The summed E-state index contributed by atoms with van der Waals surface area (Å²) < 4.78 is 6.88. The summed E-state index contributed by atoms with van der Waals surface area (Å²) in [5.41, 5.74) is 17.5. The summed E-state index contributed by atoms with van der Waals surface area (Å²) in [6.07, 6.45) is 0. The van der Waals surface area contributed by atoms with Crippen molar-refractivity contribution in [1.29, 1.82) is 0 Å². The molecule has 0 atom stereocenters. The first-order chi connectivity index (χ1) is 28.0. The van der Waals surface area contributed by atoms with Crippen LogP contribution in [0.25, 0.3) is 77.2 Å². The lowest BCUT2D eigenvalue weighted by Gasteiger charge is -2.28. The zero-order chi connectivity index (χ0) is 38.1. The first kappa shape index (κ1) is 33.2. The highest BCUT2D eigenvalue weighted by molar-refractivity contribution is 6.20. The van der Waals surface area contributed by atoms with Crippen LogP contribution in [-0.4, -0.2) is 0 Å². The van der Waals surface area contributed by atoms with Gasteiger partial charge in [-0.2, -0.15) is 0 Å². The highest BCUT2D eigenvalue weighted by Gasteiger charge is 2.35. The Morgan fingerprint density at radius 1 is 0.333 bits per heavy atom. The van der Waals surface area contributed by atoms with Gasteiger partial charge in [-0.3, -0.25) is 0 Å². The predicted octanol–water partition coefficient (Wildman–Crippen LogP) is 15.5. The minimum absolute atomic E-state index is 0.104. The average Bonchev–Trinajstić information content (AvgIpc) is 3.76. The van der Waals surface area contributed by atoms with E-state index in [0.717, 1.165) is 55.5 Å². The molecule has 2 heteroatoms. The van der Waals surface area contributed by atoms with Gasteiger partial charge in [-0.05, 0) is 97.9 Å². The number of furan rings is 1. The first-order valence-corrected chi connectivity index (χ1v) is 19.8. The molecule has 0 bridgehead atoms. The summed E-state index contributed by atoms with van der Waals surface area (Å²) in [6, 6.07) is 72.4. The van der Waals surface area contributed by atoms with Crippen molar-refractivity contribution in [3.05, 3.63) is 211 Å². The van der Waals surface area contributed by atoms with Crippen molar-refractivity contribution in [2.45, 2.75) is 19.3 Å². The Hall–Kier alpha value is -7.16. The van der Waals surface area contributed by atoms with Gasteiger partial charge in [0.15, 0.2) is 0 Å². The molecule has 2 nitrogen and oxygen atoms in total. The second kappa shape index (κ2) is 13.0. The van der Waals surface area contributed by atoms with E-state index in [1.54, 1.807) is 0 Å². The molecular formula is C55H39NO. The van der Waals surface area contributed by atoms with Crippen LogP contribution in [0.5, 0.6) is 0 Å². The molecular weight excluding hydrogens is 691 g/mol. The van der Waals surface area contributed by atoms with Crippen LogP contribution in [0.4, 0.5) is 17.1 Å². The van der Waals surface area contributed by atoms with E-state index in [0.29, 0.717) is 0 Å². The molecule has 0 fully saturated rings. The van der Waals surface area contributed by atoms with Crippen molar-refractivity contribution >= 4 is 49.8 Å². The number of anilines is 3. The van der Waals surface area contributed by atoms with Gasteiger partial charge in [-0.1, -0.05) is 172 Å². The Morgan fingerprint density at radius 2 is 0.842 bits per heavy atom. The van der Waals surface area contributed by atoms with Crippen molar-refractivity contribution in [3.8, 4) is 44.5 Å². The van der Waals surface area contributed by atoms with E-state index < -0.39 is 0 Å². The molecule has 1 heterocycles. The molecule has 0 spiro atoms. The fourth-order valence-electron chi connectivity index (χ4n) is 9.21. The van der Waals surface area contributed by atoms with E-state index >= 15 is 0 Å². The summed E-state index contributed by atoms with van der Waals surface area (Å²) >= 11 is 0. The van der Waals surface area contributed by atoms with Crippen molar-refractivity contribution in [2.75, 3.05) is 4.90 Å². The van der Waals surface area contributed by atoms with Gasteiger partial charge in [0.25, 0.3) is 0 Å². The zero-order valence-corrected chi connectivity index (χ0v) is 31.9. The molecule has 270 valence electrons. The van der Waals surface area contributed by atoms with Crippen molar-refractivity contribution in [1.82, 2.24) is 0 Å². The molecule has 1 aliphatic carbocycles. The van der Waals surface area contributed by atoms with E-state index in [1.807, 2.05) is 0 Å². The van der Waals surface area contributed by atoms with Gasteiger partial charge in [-0.25, -0.2) is 0 Å². The second-order valence-electron chi connectivity index (χ2n) is 15.7. The highest BCUT2D eigenvalue weighted by Crippen LogP contribution is 2.51. The Kier molecular flexibility index (Phi) is 7.55. The summed E-state index contributed by atoms with van der Waals surface area (Å²) in [5.74, 6) is 0. The lowest BCUT2D eigenvalue weighted by atomic mass is 9.82. The van der Waals surface area contributed by atoms with E-state index in [4.69, 9.17) is 4.42 Å². The Morgan fingerprint density at radius 3 is 1.58 bits per heavy atom. The molecule has 0 amide bonds. The Balaban J connectivity index is 1.03. The Bertz CT molecular complexity index is 3120. The number of fused-ring (bicyclic) bond motifs is 8. The minimum Gasteiger partial charge on any atom is -0.455 e. The lowest BCUT2D eigenvalue weighted by molar-refractivity contribution is 0.660. The summed E-state index contributed by atoms with van der Waals surface area (Å²) in [4.78, 5) is 2.39. The van der Waals surface area contributed by atoms with Gasteiger partial charge in [0.2, 0.25) is 0 Å². The monoisotopic (exact) mass is 729 g/mol. The van der Waals surface area contributed by atoms with Crippen LogP contribution in [0, 0.1) is 0 Å². The second-order valence-corrected chi connectivity index (χ2v) is 15.7.